The molecule has 0 aliphatic carbocycles. The maximum Gasteiger partial charge on any atom is 0.167 e. The van der Waals surface area contributed by atoms with Gasteiger partial charge in [0.25, 0.3) is 0 Å². The molecule has 0 radical (unpaired) electrons. The Morgan fingerprint density at radius 2 is 2.45 bits per heavy atom. The van der Waals surface area contributed by atoms with E-state index < -0.39 is 0 Å². The average Bonchev–Trinajstić information content (AvgIpc) is 2.31. The summed E-state index contributed by atoms with van der Waals surface area (Å²) in [6, 6.07) is 0. The zero-order valence-corrected chi connectivity index (χ0v) is 7.69. The highest BCUT2D eigenvalue weighted by atomic mass is 32.2. The van der Waals surface area contributed by atoms with Crippen molar-refractivity contribution in [1.29, 1.82) is 0 Å². The minimum absolute atomic E-state index is 0.346. The van der Waals surface area contributed by atoms with Crippen molar-refractivity contribution in [2.24, 2.45) is 10.4 Å². The second-order valence-corrected chi connectivity index (χ2v) is 4.67. The highest BCUT2D eigenvalue weighted by Crippen LogP contribution is 2.29. The standard InChI is InChI=1S/C8H12N2S/c1-8(2)5-9-7-10(6-8)3-4-11-7/h3-4H,5-6H2,1-2H3. The van der Waals surface area contributed by atoms with Gasteiger partial charge in [-0.05, 0) is 5.41 Å². The molecule has 2 aliphatic heterocycles. The fraction of sp³-hybridized carbons (Fsp3) is 0.625. The molecule has 0 bridgehead atoms. The van der Waals surface area contributed by atoms with Crippen molar-refractivity contribution in [2.45, 2.75) is 13.8 Å². The van der Waals surface area contributed by atoms with Gasteiger partial charge < -0.3 is 4.90 Å². The maximum absolute atomic E-state index is 4.49. The van der Waals surface area contributed by atoms with Gasteiger partial charge in [-0.2, -0.15) is 0 Å². The van der Waals surface area contributed by atoms with Crippen LogP contribution in [0.4, 0.5) is 0 Å². The Morgan fingerprint density at radius 3 is 3.27 bits per heavy atom. The van der Waals surface area contributed by atoms with E-state index in [0.29, 0.717) is 5.41 Å². The molecule has 2 aliphatic rings. The Morgan fingerprint density at radius 1 is 1.64 bits per heavy atom. The molecule has 0 amide bonds. The fourth-order valence-electron chi connectivity index (χ4n) is 1.34. The summed E-state index contributed by atoms with van der Waals surface area (Å²) in [7, 11) is 0. The van der Waals surface area contributed by atoms with Crippen LogP contribution in [-0.2, 0) is 0 Å². The van der Waals surface area contributed by atoms with Crippen LogP contribution in [0.2, 0.25) is 0 Å². The molecule has 0 aromatic heterocycles. The zero-order chi connectivity index (χ0) is 7.90. The summed E-state index contributed by atoms with van der Waals surface area (Å²) < 4.78 is 0. The molecule has 0 N–H and O–H groups in total. The first kappa shape index (κ1) is 7.22. The summed E-state index contributed by atoms with van der Waals surface area (Å²) in [5.74, 6) is 0. The van der Waals surface area contributed by atoms with Gasteiger partial charge in [0, 0.05) is 24.7 Å². The molecule has 60 valence electrons. The van der Waals surface area contributed by atoms with Crippen LogP contribution in [0.3, 0.4) is 0 Å². The van der Waals surface area contributed by atoms with E-state index >= 15 is 0 Å². The highest BCUT2D eigenvalue weighted by Gasteiger charge is 2.29. The SMILES string of the molecule is CC1(C)CN=C2SC=CN2C1. The topological polar surface area (TPSA) is 15.6 Å². The summed E-state index contributed by atoms with van der Waals surface area (Å²) in [5.41, 5.74) is 0.346. The van der Waals surface area contributed by atoms with Crippen LogP contribution in [-0.4, -0.2) is 23.2 Å². The minimum atomic E-state index is 0.346. The molecule has 0 unspecified atom stereocenters. The lowest BCUT2D eigenvalue weighted by Gasteiger charge is -2.33. The molecule has 0 aromatic carbocycles. The van der Waals surface area contributed by atoms with Crippen molar-refractivity contribution in [1.82, 2.24) is 4.90 Å². The monoisotopic (exact) mass is 168 g/mol. The fourth-order valence-corrected chi connectivity index (χ4v) is 2.07. The first-order valence-electron chi connectivity index (χ1n) is 3.82. The van der Waals surface area contributed by atoms with E-state index in [1.54, 1.807) is 11.8 Å². The molecule has 0 aromatic rings. The predicted octanol–water partition coefficient (Wildman–Crippen LogP) is 1.90. The number of fused-ring (bicyclic) bond motifs is 1. The number of amidine groups is 1. The number of hydrogen-bond acceptors (Lipinski definition) is 3. The molecule has 0 saturated heterocycles. The molecule has 11 heavy (non-hydrogen) atoms. The van der Waals surface area contributed by atoms with Crippen molar-refractivity contribution in [3.8, 4) is 0 Å². The third-order valence-corrected chi connectivity index (χ3v) is 2.73. The largest absolute Gasteiger partial charge is 0.326 e. The van der Waals surface area contributed by atoms with E-state index in [2.05, 4.69) is 35.3 Å². The van der Waals surface area contributed by atoms with Gasteiger partial charge in [0.05, 0.1) is 0 Å². The molecule has 0 atom stereocenters. The zero-order valence-electron chi connectivity index (χ0n) is 6.87. The van der Waals surface area contributed by atoms with Crippen LogP contribution < -0.4 is 0 Å². The summed E-state index contributed by atoms with van der Waals surface area (Å²) in [5, 5.41) is 3.27. The van der Waals surface area contributed by atoms with Crippen LogP contribution in [0, 0.1) is 5.41 Å². The smallest absolute Gasteiger partial charge is 0.167 e. The summed E-state index contributed by atoms with van der Waals surface area (Å²) >= 11 is 1.72. The lowest BCUT2D eigenvalue weighted by atomic mass is 9.92. The Labute approximate surface area is 71.4 Å². The van der Waals surface area contributed by atoms with Crippen LogP contribution in [0.1, 0.15) is 13.8 Å². The summed E-state index contributed by atoms with van der Waals surface area (Å²) in [6.45, 7) is 6.58. The van der Waals surface area contributed by atoms with Crippen molar-refractivity contribution in [3.63, 3.8) is 0 Å². The normalized spacial score (nSPS) is 26.7. The summed E-state index contributed by atoms with van der Waals surface area (Å²) in [4.78, 5) is 6.72. The van der Waals surface area contributed by atoms with Crippen molar-refractivity contribution < 1.29 is 0 Å². The predicted molar refractivity (Wildman–Crippen MR) is 49.5 cm³/mol. The van der Waals surface area contributed by atoms with Crippen molar-refractivity contribution >= 4 is 16.9 Å². The number of rotatable bonds is 0. The number of hydrogen-bond donors (Lipinski definition) is 0. The molecule has 0 spiro atoms. The molecule has 2 heterocycles. The van der Waals surface area contributed by atoms with Gasteiger partial charge in [-0.25, -0.2) is 0 Å². The van der Waals surface area contributed by atoms with E-state index in [1.165, 1.54) is 5.17 Å². The van der Waals surface area contributed by atoms with Crippen LogP contribution >= 0.6 is 11.8 Å². The molecule has 0 saturated carbocycles. The highest BCUT2D eigenvalue weighted by molar-refractivity contribution is 8.16. The van der Waals surface area contributed by atoms with Crippen LogP contribution in [0.5, 0.6) is 0 Å². The second kappa shape index (κ2) is 2.27. The van der Waals surface area contributed by atoms with E-state index in [1.807, 2.05) is 0 Å². The minimum Gasteiger partial charge on any atom is -0.326 e. The number of thioether (sulfide) groups is 1. The molecular formula is C8H12N2S. The van der Waals surface area contributed by atoms with Gasteiger partial charge in [-0.3, -0.25) is 4.99 Å². The van der Waals surface area contributed by atoms with Crippen molar-refractivity contribution in [2.75, 3.05) is 13.1 Å². The average molecular weight is 168 g/mol. The van der Waals surface area contributed by atoms with Gasteiger partial charge in [-0.1, -0.05) is 25.6 Å². The van der Waals surface area contributed by atoms with Crippen molar-refractivity contribution in [3.05, 3.63) is 11.6 Å². The summed E-state index contributed by atoms with van der Waals surface area (Å²) in [6.07, 6.45) is 2.12. The number of aliphatic imine (C=N–C) groups is 1. The lowest BCUT2D eigenvalue weighted by molar-refractivity contribution is 0.288. The third kappa shape index (κ3) is 1.29. The Hall–Kier alpha value is -0.440. The molecule has 2 nitrogen and oxygen atoms in total. The van der Waals surface area contributed by atoms with Crippen LogP contribution in [0.15, 0.2) is 16.6 Å². The molecule has 0 fully saturated rings. The van der Waals surface area contributed by atoms with Crippen LogP contribution in [0.25, 0.3) is 0 Å². The van der Waals surface area contributed by atoms with Gasteiger partial charge in [0.2, 0.25) is 0 Å². The van der Waals surface area contributed by atoms with Gasteiger partial charge in [0.1, 0.15) is 0 Å². The molecular weight excluding hydrogens is 156 g/mol. The van der Waals surface area contributed by atoms with Gasteiger partial charge >= 0.3 is 0 Å². The van der Waals surface area contributed by atoms with E-state index in [4.69, 9.17) is 0 Å². The van der Waals surface area contributed by atoms with Gasteiger partial charge in [0.15, 0.2) is 5.17 Å². The Bertz CT molecular complexity index is 230. The Kier molecular flexibility index (Phi) is 1.49. The quantitative estimate of drug-likeness (QED) is 0.549. The second-order valence-electron chi connectivity index (χ2n) is 3.79. The van der Waals surface area contributed by atoms with E-state index in [-0.39, 0.29) is 0 Å². The van der Waals surface area contributed by atoms with E-state index in [9.17, 15) is 0 Å². The maximum atomic E-state index is 4.49. The molecule has 2 rings (SSSR count). The first-order valence-corrected chi connectivity index (χ1v) is 4.70. The lowest BCUT2D eigenvalue weighted by Crippen LogP contribution is -2.38. The first-order chi connectivity index (χ1) is 5.17. The van der Waals surface area contributed by atoms with E-state index in [0.717, 1.165) is 13.1 Å². The van der Waals surface area contributed by atoms with Gasteiger partial charge in [-0.15, -0.1) is 0 Å². The third-order valence-electron chi connectivity index (χ3n) is 1.90. The number of nitrogens with zero attached hydrogens (tertiary/aromatic N) is 2. The molecule has 3 heteroatoms. The Balaban J connectivity index is 2.22.